The summed E-state index contributed by atoms with van der Waals surface area (Å²) in [6.07, 6.45) is 1.70. The lowest BCUT2D eigenvalue weighted by molar-refractivity contribution is 0.0230. The average Bonchev–Trinajstić information content (AvgIpc) is 2.73. The highest BCUT2D eigenvalue weighted by molar-refractivity contribution is 5.68. The first-order chi connectivity index (χ1) is 8.24. The Morgan fingerprint density at radius 1 is 1.50 bits per heavy atom. The van der Waals surface area contributed by atoms with E-state index in [9.17, 15) is 4.79 Å². The van der Waals surface area contributed by atoms with Gasteiger partial charge < -0.3 is 14.5 Å². The number of nitrogens with zero attached hydrogens (tertiary/aromatic N) is 2. The lowest BCUT2D eigenvalue weighted by Crippen LogP contribution is -2.42. The molecule has 0 radical (unpaired) electrons. The Kier molecular flexibility index (Phi) is 4.65. The number of carbonyl (C=O) groups excluding carboxylic acids is 1. The average molecular weight is 254 g/mol. The second-order valence-electron chi connectivity index (χ2n) is 5.90. The highest BCUT2D eigenvalue weighted by Crippen LogP contribution is 2.21. The quantitative estimate of drug-likeness (QED) is 0.776. The zero-order valence-corrected chi connectivity index (χ0v) is 12.3. The smallest absolute Gasteiger partial charge is 0.410 e. The monoisotopic (exact) mass is 254 g/mol. The highest BCUT2D eigenvalue weighted by atomic mass is 16.6. The molecule has 1 saturated heterocycles. The fourth-order valence-corrected chi connectivity index (χ4v) is 2.05. The molecular formula is C14H26N2O2. The van der Waals surface area contributed by atoms with E-state index in [0.717, 1.165) is 31.6 Å². The van der Waals surface area contributed by atoms with Crippen molar-refractivity contribution in [3.05, 3.63) is 12.3 Å². The van der Waals surface area contributed by atoms with Gasteiger partial charge >= 0.3 is 6.09 Å². The summed E-state index contributed by atoms with van der Waals surface area (Å²) < 4.78 is 5.38. The third kappa shape index (κ3) is 3.93. The van der Waals surface area contributed by atoms with Crippen LogP contribution in [0.1, 0.15) is 40.5 Å². The summed E-state index contributed by atoms with van der Waals surface area (Å²) >= 11 is 0. The predicted molar refractivity (Wildman–Crippen MR) is 73.4 cm³/mol. The summed E-state index contributed by atoms with van der Waals surface area (Å²) in [5.41, 5.74) is 0.714. The molecule has 1 atom stereocenters. The molecule has 1 heterocycles. The topological polar surface area (TPSA) is 32.8 Å². The Bertz CT molecular complexity index is 320. The predicted octanol–water partition coefficient (Wildman–Crippen LogP) is 2.85. The van der Waals surface area contributed by atoms with Gasteiger partial charge in [-0.2, -0.15) is 0 Å². The van der Waals surface area contributed by atoms with Gasteiger partial charge in [-0.05, 0) is 33.6 Å². The summed E-state index contributed by atoms with van der Waals surface area (Å²) in [6, 6.07) is 0.225. The van der Waals surface area contributed by atoms with Crippen molar-refractivity contribution in [2.75, 3.05) is 20.1 Å². The Morgan fingerprint density at radius 2 is 2.11 bits per heavy atom. The van der Waals surface area contributed by atoms with E-state index < -0.39 is 5.60 Å². The van der Waals surface area contributed by atoms with Gasteiger partial charge in [-0.1, -0.05) is 13.5 Å². The summed E-state index contributed by atoms with van der Waals surface area (Å²) in [4.78, 5) is 15.9. The SMILES string of the molecule is C=C(CC)N1CCC(N(C)C(=O)OC(C)(C)C)C1. The molecule has 104 valence electrons. The molecule has 1 rings (SSSR count). The molecule has 0 spiro atoms. The summed E-state index contributed by atoms with van der Waals surface area (Å²) in [5, 5.41) is 0. The van der Waals surface area contributed by atoms with Gasteiger partial charge in [0.15, 0.2) is 0 Å². The molecule has 18 heavy (non-hydrogen) atoms. The number of hydrogen-bond donors (Lipinski definition) is 0. The first-order valence-corrected chi connectivity index (χ1v) is 6.63. The second kappa shape index (κ2) is 5.63. The molecule has 1 unspecified atom stereocenters. The standard InChI is InChI=1S/C14H26N2O2/c1-7-11(2)16-9-8-12(10-16)15(6)13(17)18-14(3,4)5/h12H,2,7-10H2,1,3-6H3. The van der Waals surface area contributed by atoms with Crippen LogP contribution in [-0.2, 0) is 4.74 Å². The van der Waals surface area contributed by atoms with Crippen molar-refractivity contribution in [3.63, 3.8) is 0 Å². The number of likely N-dealkylation sites (tertiary alicyclic amines) is 1. The maximum absolute atomic E-state index is 12.0. The fourth-order valence-electron chi connectivity index (χ4n) is 2.05. The molecular weight excluding hydrogens is 228 g/mol. The van der Waals surface area contributed by atoms with Crippen molar-refractivity contribution in [2.45, 2.75) is 52.2 Å². The Morgan fingerprint density at radius 3 is 2.61 bits per heavy atom. The van der Waals surface area contributed by atoms with Crippen LogP contribution in [0.5, 0.6) is 0 Å². The van der Waals surface area contributed by atoms with Crippen LogP contribution in [0.4, 0.5) is 4.79 Å². The lowest BCUT2D eigenvalue weighted by atomic mass is 10.2. The molecule has 0 N–H and O–H groups in total. The number of amides is 1. The van der Waals surface area contributed by atoms with E-state index in [-0.39, 0.29) is 12.1 Å². The van der Waals surface area contributed by atoms with E-state index in [2.05, 4.69) is 18.4 Å². The molecule has 4 heteroatoms. The van der Waals surface area contributed by atoms with Gasteiger partial charge in [0, 0.05) is 25.8 Å². The fraction of sp³-hybridized carbons (Fsp3) is 0.786. The number of hydrogen-bond acceptors (Lipinski definition) is 3. The van der Waals surface area contributed by atoms with E-state index in [1.165, 1.54) is 0 Å². The zero-order valence-electron chi connectivity index (χ0n) is 12.3. The normalized spacial score (nSPS) is 19.8. The van der Waals surface area contributed by atoms with Crippen LogP contribution in [0.3, 0.4) is 0 Å². The molecule has 0 saturated carbocycles. The van der Waals surface area contributed by atoms with Crippen LogP contribution in [-0.4, -0.2) is 47.7 Å². The van der Waals surface area contributed by atoms with E-state index in [1.807, 2.05) is 27.8 Å². The van der Waals surface area contributed by atoms with Gasteiger partial charge in [0.25, 0.3) is 0 Å². The van der Waals surface area contributed by atoms with Gasteiger partial charge in [0.1, 0.15) is 5.60 Å². The van der Waals surface area contributed by atoms with Crippen molar-refractivity contribution in [3.8, 4) is 0 Å². The van der Waals surface area contributed by atoms with Crippen LogP contribution >= 0.6 is 0 Å². The molecule has 1 aliphatic heterocycles. The van der Waals surface area contributed by atoms with Crippen LogP contribution in [0.2, 0.25) is 0 Å². The van der Waals surface area contributed by atoms with Crippen LogP contribution < -0.4 is 0 Å². The van der Waals surface area contributed by atoms with E-state index in [1.54, 1.807) is 4.90 Å². The summed E-state index contributed by atoms with van der Waals surface area (Å²) in [6.45, 7) is 13.7. The molecule has 0 aromatic carbocycles. The number of carbonyl (C=O) groups is 1. The van der Waals surface area contributed by atoms with Gasteiger partial charge in [-0.25, -0.2) is 4.79 Å². The van der Waals surface area contributed by atoms with E-state index in [0.29, 0.717) is 0 Å². The maximum Gasteiger partial charge on any atom is 0.410 e. The maximum atomic E-state index is 12.0. The number of ether oxygens (including phenoxy) is 1. The number of likely N-dealkylation sites (N-methyl/N-ethyl adjacent to an activating group) is 1. The van der Waals surface area contributed by atoms with Crippen LogP contribution in [0, 0.1) is 0 Å². The van der Waals surface area contributed by atoms with Gasteiger partial charge in [-0.3, -0.25) is 0 Å². The van der Waals surface area contributed by atoms with Crippen molar-refractivity contribution in [1.29, 1.82) is 0 Å². The Balaban J connectivity index is 2.52. The molecule has 1 aliphatic rings. The number of allylic oxidation sites excluding steroid dienone is 1. The molecule has 0 aliphatic carbocycles. The first kappa shape index (κ1) is 14.9. The van der Waals surface area contributed by atoms with E-state index >= 15 is 0 Å². The highest BCUT2D eigenvalue weighted by Gasteiger charge is 2.30. The van der Waals surface area contributed by atoms with Gasteiger partial charge in [0.05, 0.1) is 6.04 Å². The minimum atomic E-state index is -0.434. The third-order valence-corrected chi connectivity index (χ3v) is 3.25. The molecule has 4 nitrogen and oxygen atoms in total. The number of rotatable bonds is 3. The third-order valence-electron chi connectivity index (χ3n) is 3.25. The van der Waals surface area contributed by atoms with E-state index in [4.69, 9.17) is 4.74 Å². The van der Waals surface area contributed by atoms with Crippen LogP contribution in [0.15, 0.2) is 12.3 Å². The molecule has 1 amide bonds. The minimum absolute atomic E-state index is 0.225. The molecule has 0 aromatic rings. The molecule has 0 bridgehead atoms. The van der Waals surface area contributed by atoms with Gasteiger partial charge in [0.2, 0.25) is 0 Å². The van der Waals surface area contributed by atoms with Crippen molar-refractivity contribution < 1.29 is 9.53 Å². The summed E-state index contributed by atoms with van der Waals surface area (Å²) in [7, 11) is 1.82. The van der Waals surface area contributed by atoms with Gasteiger partial charge in [-0.15, -0.1) is 0 Å². The first-order valence-electron chi connectivity index (χ1n) is 6.63. The van der Waals surface area contributed by atoms with Crippen molar-refractivity contribution in [1.82, 2.24) is 9.80 Å². The Hall–Kier alpha value is -1.19. The largest absolute Gasteiger partial charge is 0.444 e. The second-order valence-corrected chi connectivity index (χ2v) is 5.90. The summed E-state index contributed by atoms with van der Waals surface area (Å²) in [5.74, 6) is 0. The zero-order chi connectivity index (χ0) is 13.9. The van der Waals surface area contributed by atoms with Crippen molar-refractivity contribution >= 4 is 6.09 Å². The molecule has 0 aromatic heterocycles. The molecule has 1 fully saturated rings. The van der Waals surface area contributed by atoms with Crippen molar-refractivity contribution in [2.24, 2.45) is 0 Å². The minimum Gasteiger partial charge on any atom is -0.444 e. The Labute approximate surface area is 111 Å². The van der Waals surface area contributed by atoms with Crippen LogP contribution in [0.25, 0.3) is 0 Å². The lowest BCUT2D eigenvalue weighted by Gasteiger charge is -2.29.